The predicted molar refractivity (Wildman–Crippen MR) is 140 cm³/mol. The highest BCUT2D eigenvalue weighted by molar-refractivity contribution is 8.14. The van der Waals surface area contributed by atoms with Gasteiger partial charge in [0.05, 0.1) is 17.9 Å². The Morgan fingerprint density at radius 2 is 2.11 bits per heavy atom. The van der Waals surface area contributed by atoms with Gasteiger partial charge in [-0.2, -0.15) is 0 Å². The summed E-state index contributed by atoms with van der Waals surface area (Å²) in [4.78, 5) is 32.1. The van der Waals surface area contributed by atoms with Crippen LogP contribution in [0.25, 0.3) is 10.9 Å². The Balaban J connectivity index is 1.35. The van der Waals surface area contributed by atoms with E-state index in [1.807, 2.05) is 71.8 Å². The van der Waals surface area contributed by atoms with E-state index in [2.05, 4.69) is 16.9 Å². The van der Waals surface area contributed by atoms with Gasteiger partial charge in [0, 0.05) is 36.3 Å². The summed E-state index contributed by atoms with van der Waals surface area (Å²) in [7, 11) is 1.66. The molecule has 0 spiro atoms. The molecular formula is C28H29N3O3S. The summed E-state index contributed by atoms with van der Waals surface area (Å²) >= 11 is 1.41. The number of carbonyl (C=O) groups excluding carboxylic acids is 2. The predicted octanol–water partition coefficient (Wildman–Crippen LogP) is 5.46. The van der Waals surface area contributed by atoms with Crippen molar-refractivity contribution in [1.29, 1.82) is 0 Å². The Morgan fingerprint density at radius 1 is 1.29 bits per heavy atom. The number of carbonyl (C=O) groups is 2. The van der Waals surface area contributed by atoms with Gasteiger partial charge in [0.1, 0.15) is 5.75 Å². The molecular weight excluding hydrogens is 458 g/mol. The van der Waals surface area contributed by atoms with Gasteiger partial charge >= 0.3 is 0 Å². The molecule has 5 rings (SSSR count). The second kappa shape index (κ2) is 10.1. The maximum atomic E-state index is 12.9. The third-order valence-electron chi connectivity index (χ3n) is 7.23. The molecule has 1 N–H and O–H groups in total. The maximum Gasteiger partial charge on any atom is 0.282 e. The molecule has 0 aliphatic carbocycles. The maximum absolute atomic E-state index is 12.9. The summed E-state index contributed by atoms with van der Waals surface area (Å²) in [5.41, 5.74) is 2.67. The average molecular weight is 488 g/mol. The van der Waals surface area contributed by atoms with E-state index in [1.54, 1.807) is 7.11 Å². The van der Waals surface area contributed by atoms with Gasteiger partial charge < -0.3 is 15.0 Å². The van der Waals surface area contributed by atoms with Crippen LogP contribution < -0.4 is 10.1 Å². The molecule has 3 heterocycles. The van der Waals surface area contributed by atoms with E-state index in [4.69, 9.17) is 4.74 Å². The summed E-state index contributed by atoms with van der Waals surface area (Å²) in [6.45, 7) is 5.33. The molecule has 2 aliphatic heterocycles. The van der Waals surface area contributed by atoms with E-state index in [-0.39, 0.29) is 28.4 Å². The molecule has 2 saturated heterocycles. The number of fused-ring (bicyclic) bond motifs is 2. The van der Waals surface area contributed by atoms with Gasteiger partial charge in [-0.1, -0.05) is 36.0 Å². The molecule has 2 fully saturated rings. The lowest BCUT2D eigenvalue weighted by molar-refractivity contribution is 0.0934. The zero-order chi connectivity index (χ0) is 24.4. The minimum atomic E-state index is -0.0726. The minimum absolute atomic E-state index is 0.0206. The van der Waals surface area contributed by atoms with Crippen LogP contribution in [0, 0.1) is 11.8 Å². The fourth-order valence-corrected chi connectivity index (χ4v) is 6.65. The lowest BCUT2D eigenvalue weighted by atomic mass is 9.79. The third-order valence-corrected chi connectivity index (χ3v) is 8.49. The number of thioether (sulfide) groups is 1. The van der Waals surface area contributed by atoms with Crippen LogP contribution >= 0.6 is 11.8 Å². The largest absolute Gasteiger partial charge is 0.497 e. The monoisotopic (exact) mass is 487 g/mol. The first-order valence-electron chi connectivity index (χ1n) is 11.9. The van der Waals surface area contributed by atoms with Gasteiger partial charge in [0.2, 0.25) is 0 Å². The SMILES string of the molecule is C=C[C@@H](CNC(=O)c1ccccc1)[C@H]1CCN2C(=O)S[C@@H](c3ccnc4ccc(OC)cc34)[C@@H]2C1. The number of aromatic nitrogens is 1. The topological polar surface area (TPSA) is 71.5 Å². The second-order valence-electron chi connectivity index (χ2n) is 9.11. The Kier molecular flexibility index (Phi) is 6.77. The van der Waals surface area contributed by atoms with Crippen LogP contribution in [0.4, 0.5) is 4.79 Å². The van der Waals surface area contributed by atoms with E-state index in [9.17, 15) is 9.59 Å². The number of pyridine rings is 1. The quantitative estimate of drug-likeness (QED) is 0.448. The summed E-state index contributed by atoms with van der Waals surface area (Å²) < 4.78 is 5.45. The molecule has 6 nitrogen and oxygen atoms in total. The van der Waals surface area contributed by atoms with Gasteiger partial charge in [-0.15, -0.1) is 6.58 Å². The van der Waals surface area contributed by atoms with Crippen LogP contribution in [0.1, 0.15) is 34.0 Å². The van der Waals surface area contributed by atoms with Crippen molar-refractivity contribution < 1.29 is 14.3 Å². The molecule has 2 aliphatic rings. The highest BCUT2D eigenvalue weighted by atomic mass is 32.2. The van der Waals surface area contributed by atoms with Crippen LogP contribution in [0.5, 0.6) is 5.75 Å². The van der Waals surface area contributed by atoms with Crippen molar-refractivity contribution in [3.8, 4) is 5.75 Å². The molecule has 7 heteroatoms. The molecule has 0 saturated carbocycles. The Labute approximate surface area is 209 Å². The number of nitrogens with one attached hydrogen (secondary N) is 1. The normalized spacial score (nSPS) is 22.5. The van der Waals surface area contributed by atoms with Crippen LogP contribution in [0.15, 0.2) is 73.4 Å². The number of methoxy groups -OCH3 is 1. The van der Waals surface area contributed by atoms with Crippen molar-refractivity contribution in [3.63, 3.8) is 0 Å². The number of piperidine rings is 1. The number of nitrogens with zero attached hydrogens (tertiary/aromatic N) is 2. The summed E-state index contributed by atoms with van der Waals surface area (Å²) in [6.07, 6.45) is 5.55. The third kappa shape index (κ3) is 4.65. The first-order chi connectivity index (χ1) is 17.1. The van der Waals surface area contributed by atoms with Crippen molar-refractivity contribution in [1.82, 2.24) is 15.2 Å². The zero-order valence-electron chi connectivity index (χ0n) is 19.7. The summed E-state index contributed by atoms with van der Waals surface area (Å²) in [5, 5.41) is 4.26. The summed E-state index contributed by atoms with van der Waals surface area (Å²) in [5.74, 6) is 1.18. The molecule has 4 atom stereocenters. The molecule has 0 bridgehead atoms. The Hall–Kier alpha value is -3.32. The van der Waals surface area contributed by atoms with Crippen molar-refractivity contribution in [2.75, 3.05) is 20.2 Å². The van der Waals surface area contributed by atoms with Crippen LogP contribution in [-0.2, 0) is 0 Å². The molecule has 2 amide bonds. The Bertz CT molecular complexity index is 1250. The summed E-state index contributed by atoms with van der Waals surface area (Å²) in [6, 6.07) is 17.3. The number of ether oxygens (including phenoxy) is 1. The van der Waals surface area contributed by atoms with E-state index < -0.39 is 0 Å². The molecule has 35 heavy (non-hydrogen) atoms. The van der Waals surface area contributed by atoms with Crippen molar-refractivity contribution in [3.05, 3.63) is 84.6 Å². The smallest absolute Gasteiger partial charge is 0.282 e. The van der Waals surface area contributed by atoms with Crippen molar-refractivity contribution in [2.45, 2.75) is 24.1 Å². The lowest BCUT2D eigenvalue weighted by Crippen LogP contribution is -2.44. The van der Waals surface area contributed by atoms with E-state index in [1.165, 1.54) is 11.8 Å². The second-order valence-corrected chi connectivity index (χ2v) is 10.2. The molecule has 3 aromatic rings. The van der Waals surface area contributed by atoms with Gasteiger partial charge in [-0.05, 0) is 66.6 Å². The lowest BCUT2D eigenvalue weighted by Gasteiger charge is -2.39. The Morgan fingerprint density at radius 3 is 2.89 bits per heavy atom. The molecule has 0 radical (unpaired) electrons. The van der Waals surface area contributed by atoms with Crippen LogP contribution in [0.3, 0.4) is 0 Å². The van der Waals surface area contributed by atoms with E-state index in [0.29, 0.717) is 18.0 Å². The average Bonchev–Trinajstić information content (AvgIpc) is 3.24. The fraction of sp³-hybridized carbons (Fsp3) is 0.321. The fourth-order valence-electron chi connectivity index (χ4n) is 5.32. The zero-order valence-corrected chi connectivity index (χ0v) is 20.5. The van der Waals surface area contributed by atoms with Gasteiger partial charge in [-0.25, -0.2) is 0 Å². The van der Waals surface area contributed by atoms with Crippen LogP contribution in [-0.4, -0.2) is 47.3 Å². The number of amides is 2. The molecule has 180 valence electrons. The highest BCUT2D eigenvalue weighted by Crippen LogP contribution is 2.50. The van der Waals surface area contributed by atoms with Crippen molar-refractivity contribution in [2.24, 2.45) is 11.8 Å². The van der Waals surface area contributed by atoms with Crippen LogP contribution in [0.2, 0.25) is 0 Å². The number of hydrogen-bond acceptors (Lipinski definition) is 5. The number of benzene rings is 2. The van der Waals surface area contributed by atoms with Gasteiger partial charge in [0.25, 0.3) is 11.1 Å². The first-order valence-corrected chi connectivity index (χ1v) is 12.8. The van der Waals surface area contributed by atoms with E-state index >= 15 is 0 Å². The number of hydrogen-bond donors (Lipinski definition) is 1. The molecule has 1 aromatic heterocycles. The van der Waals surface area contributed by atoms with Gasteiger partial charge in [0.15, 0.2) is 0 Å². The highest BCUT2D eigenvalue weighted by Gasteiger charge is 2.46. The van der Waals surface area contributed by atoms with Gasteiger partial charge in [-0.3, -0.25) is 14.6 Å². The van der Waals surface area contributed by atoms with Crippen molar-refractivity contribution >= 4 is 33.8 Å². The minimum Gasteiger partial charge on any atom is -0.497 e. The molecule has 2 aromatic carbocycles. The first kappa shape index (κ1) is 23.4. The molecule has 0 unspecified atom stereocenters. The number of rotatable bonds is 7. The standard InChI is InChI=1S/C28H29N3O3S/c1-3-18(17-30-27(32)19-7-5-4-6-8-19)20-12-14-31-25(15-20)26(35-28(31)33)22-11-13-29-24-10-9-21(34-2)16-23(22)24/h3-11,13,16,18,20,25-26H,1,12,14-15,17H2,2H3,(H,30,32)/t18-,20-,25-,26-/m0/s1. The van der Waals surface area contributed by atoms with E-state index in [0.717, 1.165) is 41.6 Å².